The highest BCUT2D eigenvalue weighted by Crippen LogP contribution is 2.20. The first-order valence-electron chi connectivity index (χ1n) is 5.61. The van der Waals surface area contributed by atoms with Crippen LogP contribution in [0.5, 0.6) is 0 Å². The van der Waals surface area contributed by atoms with Gasteiger partial charge in [-0.1, -0.05) is 0 Å². The van der Waals surface area contributed by atoms with Gasteiger partial charge >= 0.3 is 6.03 Å². The average molecular weight is 332 g/mol. The lowest BCUT2D eigenvalue weighted by molar-refractivity contribution is -0.121. The quantitative estimate of drug-likeness (QED) is 0.881. The largest absolute Gasteiger partial charge is 0.369 e. The zero-order valence-electron chi connectivity index (χ0n) is 9.69. The molecule has 1 aromatic rings. The van der Waals surface area contributed by atoms with Gasteiger partial charge in [0, 0.05) is 19.6 Å². The number of hydrogen-bond acceptors (Lipinski definition) is 3. The number of nitrogens with two attached hydrogens (primary N) is 1. The Balaban J connectivity index is 1.80. The van der Waals surface area contributed by atoms with E-state index < -0.39 is 0 Å². The third-order valence-electron chi connectivity index (χ3n) is 2.94. The van der Waals surface area contributed by atoms with Gasteiger partial charge in [0.15, 0.2) is 0 Å². The molecular formula is C11H14BrN3O2S. The molecule has 2 heterocycles. The number of carbonyl (C=O) groups excluding carboxylic acids is 2. The molecule has 0 radical (unpaired) electrons. The Labute approximate surface area is 117 Å². The van der Waals surface area contributed by atoms with Crippen molar-refractivity contribution in [3.63, 3.8) is 0 Å². The maximum Gasteiger partial charge on any atom is 0.317 e. The first-order chi connectivity index (χ1) is 8.56. The summed E-state index contributed by atoms with van der Waals surface area (Å²) in [6.45, 7) is 1.51. The Kier molecular flexibility index (Phi) is 4.23. The molecule has 1 aliphatic heterocycles. The van der Waals surface area contributed by atoms with Crippen LogP contribution in [0.3, 0.4) is 0 Å². The third-order valence-corrected chi connectivity index (χ3v) is 4.50. The molecule has 1 aromatic heterocycles. The van der Waals surface area contributed by atoms with Crippen LogP contribution in [0, 0.1) is 5.92 Å². The Hall–Kier alpha value is -1.08. The van der Waals surface area contributed by atoms with Crippen molar-refractivity contribution >= 4 is 39.2 Å². The van der Waals surface area contributed by atoms with Crippen molar-refractivity contribution in [2.75, 3.05) is 13.1 Å². The molecule has 0 aromatic carbocycles. The lowest BCUT2D eigenvalue weighted by atomic mass is 10.1. The molecule has 98 valence electrons. The van der Waals surface area contributed by atoms with E-state index in [2.05, 4.69) is 21.2 Å². The minimum Gasteiger partial charge on any atom is -0.369 e. The Morgan fingerprint density at radius 2 is 2.39 bits per heavy atom. The Morgan fingerprint density at radius 1 is 1.61 bits per heavy atom. The molecule has 0 bridgehead atoms. The summed E-state index contributed by atoms with van der Waals surface area (Å²) in [7, 11) is 0. The molecule has 1 atom stereocenters. The minimum atomic E-state index is -0.327. The fraction of sp³-hybridized carbons (Fsp3) is 0.455. The lowest BCUT2D eigenvalue weighted by Gasteiger charge is -2.16. The summed E-state index contributed by atoms with van der Waals surface area (Å²) in [5.41, 5.74) is 6.29. The second-order valence-corrected chi connectivity index (χ2v) is 6.54. The Bertz CT molecular complexity index is 463. The molecule has 3 amide bonds. The number of carbonyl (C=O) groups is 2. The van der Waals surface area contributed by atoms with E-state index in [0.717, 1.165) is 9.35 Å². The van der Waals surface area contributed by atoms with Crippen LogP contribution >= 0.6 is 27.3 Å². The number of primary amides is 1. The van der Waals surface area contributed by atoms with Gasteiger partial charge in [0.05, 0.1) is 9.70 Å². The number of halogens is 1. The monoisotopic (exact) mass is 331 g/mol. The summed E-state index contributed by atoms with van der Waals surface area (Å²) in [5.74, 6) is -0.530. The van der Waals surface area contributed by atoms with E-state index in [0.29, 0.717) is 26.1 Å². The molecule has 18 heavy (non-hydrogen) atoms. The van der Waals surface area contributed by atoms with Crippen LogP contribution in [0.4, 0.5) is 4.79 Å². The maximum absolute atomic E-state index is 11.8. The van der Waals surface area contributed by atoms with Crippen molar-refractivity contribution < 1.29 is 9.59 Å². The molecule has 1 saturated heterocycles. The number of thiophene rings is 1. The van der Waals surface area contributed by atoms with Crippen LogP contribution < -0.4 is 11.1 Å². The molecule has 1 aliphatic rings. The van der Waals surface area contributed by atoms with Gasteiger partial charge in [-0.25, -0.2) is 4.79 Å². The van der Waals surface area contributed by atoms with Crippen molar-refractivity contribution in [1.29, 1.82) is 0 Å². The highest BCUT2D eigenvalue weighted by molar-refractivity contribution is 9.11. The number of nitrogens with zero attached hydrogens (tertiary/aromatic N) is 1. The predicted molar refractivity (Wildman–Crippen MR) is 73.1 cm³/mol. The second-order valence-electron chi connectivity index (χ2n) is 4.25. The summed E-state index contributed by atoms with van der Waals surface area (Å²) < 4.78 is 1.04. The third kappa shape index (κ3) is 3.23. The SMILES string of the molecule is NC(=O)[C@H]1CCN(C(=O)NCc2csc(Br)c2)C1. The van der Waals surface area contributed by atoms with E-state index in [1.807, 2.05) is 11.4 Å². The fourth-order valence-electron chi connectivity index (χ4n) is 1.90. The van der Waals surface area contributed by atoms with E-state index in [4.69, 9.17) is 5.73 Å². The molecule has 0 spiro atoms. The zero-order chi connectivity index (χ0) is 13.1. The maximum atomic E-state index is 11.8. The topological polar surface area (TPSA) is 75.4 Å². The molecule has 0 saturated carbocycles. The van der Waals surface area contributed by atoms with Gasteiger partial charge in [-0.3, -0.25) is 4.79 Å². The molecule has 1 fully saturated rings. The number of urea groups is 1. The van der Waals surface area contributed by atoms with E-state index in [9.17, 15) is 9.59 Å². The number of hydrogen-bond donors (Lipinski definition) is 2. The highest BCUT2D eigenvalue weighted by atomic mass is 79.9. The van der Waals surface area contributed by atoms with E-state index in [-0.39, 0.29) is 17.9 Å². The first-order valence-corrected chi connectivity index (χ1v) is 7.28. The van der Waals surface area contributed by atoms with Crippen molar-refractivity contribution in [1.82, 2.24) is 10.2 Å². The summed E-state index contributed by atoms with van der Waals surface area (Å²) in [6.07, 6.45) is 0.659. The zero-order valence-corrected chi connectivity index (χ0v) is 12.1. The van der Waals surface area contributed by atoms with Gasteiger partial charge in [-0.15, -0.1) is 11.3 Å². The summed E-state index contributed by atoms with van der Waals surface area (Å²) >= 11 is 4.96. The van der Waals surface area contributed by atoms with Gasteiger partial charge < -0.3 is 16.0 Å². The van der Waals surface area contributed by atoms with Crippen LogP contribution in [0.15, 0.2) is 15.2 Å². The van der Waals surface area contributed by atoms with E-state index in [1.165, 1.54) is 0 Å². The number of nitrogens with one attached hydrogen (secondary N) is 1. The first kappa shape index (κ1) is 13.4. The molecule has 2 rings (SSSR count). The highest BCUT2D eigenvalue weighted by Gasteiger charge is 2.29. The van der Waals surface area contributed by atoms with E-state index >= 15 is 0 Å². The standard InChI is InChI=1S/C11H14BrN3O2S/c12-9-3-7(6-18-9)4-14-11(17)15-2-1-8(5-15)10(13)16/h3,6,8H,1-2,4-5H2,(H2,13,16)(H,14,17)/t8-/m0/s1. The van der Waals surface area contributed by atoms with Gasteiger partial charge in [0.25, 0.3) is 0 Å². The average Bonchev–Trinajstić information content (AvgIpc) is 2.94. The lowest BCUT2D eigenvalue weighted by Crippen LogP contribution is -2.39. The van der Waals surface area contributed by atoms with Crippen LogP contribution in [-0.2, 0) is 11.3 Å². The molecule has 7 heteroatoms. The summed E-state index contributed by atoms with van der Waals surface area (Å²) in [4.78, 5) is 24.5. The Morgan fingerprint density at radius 3 is 2.94 bits per heavy atom. The van der Waals surface area contributed by atoms with Gasteiger partial charge in [-0.2, -0.15) is 0 Å². The predicted octanol–water partition coefficient (Wildman–Crippen LogP) is 1.53. The molecule has 5 nitrogen and oxygen atoms in total. The van der Waals surface area contributed by atoms with Crippen LogP contribution in [0.25, 0.3) is 0 Å². The van der Waals surface area contributed by atoms with Gasteiger partial charge in [0.2, 0.25) is 5.91 Å². The van der Waals surface area contributed by atoms with Crippen molar-refractivity contribution in [2.45, 2.75) is 13.0 Å². The molecular weight excluding hydrogens is 318 g/mol. The number of rotatable bonds is 3. The second kappa shape index (κ2) is 5.71. The molecule has 0 unspecified atom stereocenters. The minimum absolute atomic E-state index is 0.138. The van der Waals surface area contributed by atoms with Crippen LogP contribution in [0.2, 0.25) is 0 Å². The van der Waals surface area contributed by atoms with Crippen molar-refractivity contribution in [3.05, 3.63) is 20.8 Å². The smallest absolute Gasteiger partial charge is 0.317 e. The van der Waals surface area contributed by atoms with Crippen molar-refractivity contribution in [2.24, 2.45) is 11.7 Å². The molecule has 3 N–H and O–H groups in total. The molecule has 0 aliphatic carbocycles. The van der Waals surface area contributed by atoms with Gasteiger partial charge in [0.1, 0.15) is 0 Å². The number of likely N-dealkylation sites (tertiary alicyclic amines) is 1. The fourth-order valence-corrected chi connectivity index (χ4v) is 3.11. The summed E-state index contributed by atoms with van der Waals surface area (Å²) in [5, 5.41) is 4.82. The van der Waals surface area contributed by atoms with E-state index in [1.54, 1.807) is 16.2 Å². The number of amides is 3. The summed E-state index contributed by atoms with van der Waals surface area (Å²) in [6, 6.07) is 1.84. The van der Waals surface area contributed by atoms with Gasteiger partial charge in [-0.05, 0) is 39.4 Å². The van der Waals surface area contributed by atoms with Crippen molar-refractivity contribution in [3.8, 4) is 0 Å². The van der Waals surface area contributed by atoms with Crippen LogP contribution in [0.1, 0.15) is 12.0 Å². The normalized spacial score (nSPS) is 18.9. The van der Waals surface area contributed by atoms with Crippen LogP contribution in [-0.4, -0.2) is 29.9 Å².